The van der Waals surface area contributed by atoms with Crippen molar-refractivity contribution in [2.75, 3.05) is 52.6 Å². The summed E-state index contributed by atoms with van der Waals surface area (Å²) in [7, 11) is 0. The van der Waals surface area contributed by atoms with Crippen LogP contribution in [0.3, 0.4) is 0 Å². The molecule has 0 aliphatic heterocycles. The first-order chi connectivity index (χ1) is 21.4. The molecule has 45 heavy (non-hydrogen) atoms. The van der Waals surface area contributed by atoms with Crippen molar-refractivity contribution in [1.29, 1.82) is 0 Å². The Morgan fingerprint density at radius 2 is 0.844 bits per heavy atom. The largest absolute Gasteiger partial charge is 0.391 e. The lowest BCUT2D eigenvalue weighted by atomic mass is 9.79. The highest BCUT2D eigenvalue weighted by Gasteiger charge is 2.32. The van der Waals surface area contributed by atoms with Crippen LogP contribution in [-0.2, 0) is 28.7 Å². The van der Waals surface area contributed by atoms with E-state index in [0.29, 0.717) is 38.5 Å². The summed E-state index contributed by atoms with van der Waals surface area (Å²) in [6, 6.07) is 0. The zero-order valence-electron chi connectivity index (χ0n) is 26.1. The second-order valence-electron chi connectivity index (χ2n) is 10.7. The van der Waals surface area contributed by atoms with Gasteiger partial charge >= 0.3 is 0 Å². The molecule has 14 heteroatoms. The number of ether oxygens (including phenoxy) is 2. The van der Waals surface area contributed by atoms with Gasteiger partial charge in [-0.05, 0) is 50.0 Å². The molecule has 0 spiro atoms. The molecule has 4 unspecified atom stereocenters. The number of aliphatic hydroxyl groups is 4. The van der Waals surface area contributed by atoms with E-state index in [1.54, 1.807) is 0 Å². The van der Waals surface area contributed by atoms with Crippen LogP contribution in [0.2, 0.25) is 0 Å². The van der Waals surface area contributed by atoms with Crippen LogP contribution in [0, 0.1) is 5.41 Å². The number of aliphatic hydroxyl groups excluding tert-OH is 4. The molecule has 0 saturated heterocycles. The first kappa shape index (κ1) is 41.6. The average Bonchev–Trinajstić information content (AvgIpc) is 3.03. The van der Waals surface area contributed by atoms with Crippen molar-refractivity contribution in [3.05, 3.63) is 50.6 Å². The summed E-state index contributed by atoms with van der Waals surface area (Å²) in [4.78, 5) is 45.8. The summed E-state index contributed by atoms with van der Waals surface area (Å²) in [5.74, 6) is -1.69. The summed E-state index contributed by atoms with van der Waals surface area (Å²) >= 11 is 0. The molecule has 0 aliphatic carbocycles. The Morgan fingerprint density at radius 1 is 0.556 bits per heavy atom. The van der Waals surface area contributed by atoms with E-state index in [-0.39, 0.29) is 52.6 Å². The Labute approximate surface area is 265 Å². The fourth-order valence-corrected chi connectivity index (χ4v) is 4.19. The molecular formula is C31H52N4O10. The molecule has 0 bridgehead atoms. The van der Waals surface area contributed by atoms with Gasteiger partial charge in [0.2, 0.25) is 23.6 Å². The van der Waals surface area contributed by atoms with Crippen LogP contribution < -0.4 is 21.3 Å². The van der Waals surface area contributed by atoms with Crippen molar-refractivity contribution in [1.82, 2.24) is 21.3 Å². The highest BCUT2D eigenvalue weighted by Crippen LogP contribution is 2.33. The number of nitrogens with one attached hydrogen (secondary N) is 4. The van der Waals surface area contributed by atoms with Gasteiger partial charge in [0.25, 0.3) is 0 Å². The molecule has 0 aromatic carbocycles. The quantitative estimate of drug-likeness (QED) is 0.0488. The molecule has 0 aromatic rings. The van der Waals surface area contributed by atoms with Crippen molar-refractivity contribution in [3.8, 4) is 0 Å². The molecule has 0 rings (SSSR count). The Hall–Kier alpha value is -3.40. The predicted molar refractivity (Wildman–Crippen MR) is 169 cm³/mol. The minimum Gasteiger partial charge on any atom is -0.391 e. The molecule has 256 valence electrons. The number of hydrogen-bond acceptors (Lipinski definition) is 10. The highest BCUT2D eigenvalue weighted by atomic mass is 16.5. The van der Waals surface area contributed by atoms with E-state index in [4.69, 9.17) is 9.47 Å². The van der Waals surface area contributed by atoms with Gasteiger partial charge in [-0.1, -0.05) is 39.2 Å². The summed E-state index contributed by atoms with van der Waals surface area (Å²) in [5.41, 5.74) is -0.706. The summed E-state index contributed by atoms with van der Waals surface area (Å²) in [6.07, 6.45) is 3.32. The molecule has 0 fully saturated rings. The van der Waals surface area contributed by atoms with Crippen molar-refractivity contribution in [3.63, 3.8) is 0 Å². The third kappa shape index (κ3) is 21.9. The van der Waals surface area contributed by atoms with Crippen LogP contribution in [0.25, 0.3) is 0 Å². The molecule has 0 aliphatic rings. The summed E-state index contributed by atoms with van der Waals surface area (Å²) in [5, 5.41) is 51.4. The first-order valence-electron chi connectivity index (χ1n) is 14.9. The molecule has 0 heterocycles. The zero-order chi connectivity index (χ0) is 34.1. The number of carbonyl (C=O) groups is 4. The van der Waals surface area contributed by atoms with Crippen LogP contribution in [0.5, 0.6) is 0 Å². The lowest BCUT2D eigenvalue weighted by Crippen LogP contribution is -2.39. The SMILES string of the molecule is C=CC(=O)NCC(O)CCCC(CCCC(O)CNC(=O)C=C)(COCC(O)CNC(=O)C=C)COCC(O)CNC(=O)C=C. The van der Waals surface area contributed by atoms with E-state index in [2.05, 4.69) is 47.6 Å². The van der Waals surface area contributed by atoms with Gasteiger partial charge in [0.05, 0.1) is 50.8 Å². The normalized spacial score (nSPS) is 14.8. The topological polar surface area (TPSA) is 216 Å². The highest BCUT2D eigenvalue weighted by molar-refractivity contribution is 5.87. The van der Waals surface area contributed by atoms with E-state index in [9.17, 15) is 39.6 Å². The van der Waals surface area contributed by atoms with Gasteiger partial charge in [-0.2, -0.15) is 0 Å². The van der Waals surface area contributed by atoms with Crippen LogP contribution in [0.4, 0.5) is 0 Å². The van der Waals surface area contributed by atoms with Crippen LogP contribution >= 0.6 is 0 Å². The maximum atomic E-state index is 11.5. The number of rotatable bonds is 28. The Balaban J connectivity index is 5.59. The lowest BCUT2D eigenvalue weighted by molar-refractivity contribution is -0.118. The third-order valence-electron chi connectivity index (χ3n) is 6.72. The first-order valence-corrected chi connectivity index (χ1v) is 14.9. The van der Waals surface area contributed by atoms with Gasteiger partial charge in [0.15, 0.2) is 0 Å². The minimum absolute atomic E-state index is 0.0404. The van der Waals surface area contributed by atoms with Gasteiger partial charge in [-0.25, -0.2) is 0 Å². The summed E-state index contributed by atoms with van der Waals surface area (Å²) < 4.78 is 11.8. The Bertz CT molecular complexity index is 796. The smallest absolute Gasteiger partial charge is 0.243 e. The molecule has 0 aromatic heterocycles. The molecule has 0 saturated carbocycles. The zero-order valence-corrected chi connectivity index (χ0v) is 26.1. The van der Waals surface area contributed by atoms with Crippen LogP contribution in [-0.4, -0.2) is 121 Å². The molecule has 0 radical (unpaired) electrons. The van der Waals surface area contributed by atoms with Gasteiger partial charge in [0.1, 0.15) is 0 Å². The third-order valence-corrected chi connectivity index (χ3v) is 6.72. The van der Waals surface area contributed by atoms with Gasteiger partial charge < -0.3 is 51.2 Å². The average molecular weight is 641 g/mol. The maximum absolute atomic E-state index is 11.5. The molecule has 14 nitrogen and oxygen atoms in total. The van der Waals surface area contributed by atoms with E-state index in [1.807, 2.05) is 0 Å². The monoisotopic (exact) mass is 640 g/mol. The van der Waals surface area contributed by atoms with Crippen molar-refractivity contribution in [2.45, 2.75) is 62.9 Å². The number of carbonyl (C=O) groups excluding carboxylic acids is 4. The van der Waals surface area contributed by atoms with E-state index in [0.717, 1.165) is 24.3 Å². The standard InChI is InChI=1S/C31H52N4O10/c1-5-27(40)32-15-23(36)11-9-13-31(14-10-12-24(37)16-33-28(41)6-2,21-44-19-25(38)17-34-29(42)7-3)22-45-20-26(39)18-35-30(43)8-4/h5-8,23-26,36-39H,1-4,9-22H2,(H,32,40)(H,33,41)(H,34,42)(H,35,43). The van der Waals surface area contributed by atoms with Crippen molar-refractivity contribution >= 4 is 23.6 Å². The second-order valence-corrected chi connectivity index (χ2v) is 10.7. The van der Waals surface area contributed by atoms with E-state index in [1.165, 1.54) is 0 Å². The van der Waals surface area contributed by atoms with Crippen molar-refractivity contribution < 1.29 is 49.1 Å². The fourth-order valence-electron chi connectivity index (χ4n) is 4.19. The lowest BCUT2D eigenvalue weighted by Gasteiger charge is -2.35. The van der Waals surface area contributed by atoms with Crippen LogP contribution in [0.1, 0.15) is 38.5 Å². The maximum Gasteiger partial charge on any atom is 0.243 e. The molecule has 8 N–H and O–H groups in total. The minimum atomic E-state index is -1.01. The summed E-state index contributed by atoms with van der Waals surface area (Å²) in [6.45, 7) is 13.4. The fraction of sp³-hybridized carbons (Fsp3) is 0.613. The van der Waals surface area contributed by atoms with Crippen molar-refractivity contribution in [2.24, 2.45) is 5.41 Å². The molecular weight excluding hydrogens is 588 g/mol. The molecule has 4 atom stereocenters. The van der Waals surface area contributed by atoms with Gasteiger partial charge in [0, 0.05) is 31.6 Å². The van der Waals surface area contributed by atoms with Gasteiger partial charge in [-0.3, -0.25) is 19.2 Å². The number of amides is 4. The Morgan fingerprint density at radius 3 is 1.13 bits per heavy atom. The number of hydrogen-bond donors (Lipinski definition) is 8. The molecule has 4 amide bonds. The predicted octanol–water partition coefficient (Wildman–Crippen LogP) is -1.00. The Kier molecular flexibility index (Phi) is 23.0. The van der Waals surface area contributed by atoms with E-state index < -0.39 is 53.5 Å². The second kappa shape index (κ2) is 24.9. The van der Waals surface area contributed by atoms with Crippen LogP contribution in [0.15, 0.2) is 50.6 Å². The van der Waals surface area contributed by atoms with Gasteiger partial charge in [-0.15, -0.1) is 0 Å². The van der Waals surface area contributed by atoms with E-state index >= 15 is 0 Å².